The third-order valence-electron chi connectivity index (χ3n) is 4.68. The number of allylic oxidation sites excluding steroid dienone is 1. The van der Waals surface area contributed by atoms with Crippen molar-refractivity contribution in [2.75, 3.05) is 17.7 Å². The van der Waals surface area contributed by atoms with Gasteiger partial charge in [-0.1, -0.05) is 24.3 Å². The number of ether oxygens (including phenoxy) is 1. The van der Waals surface area contributed by atoms with Crippen LogP contribution in [0.5, 0.6) is 5.75 Å². The van der Waals surface area contributed by atoms with Gasteiger partial charge in [-0.15, -0.1) is 0 Å². The highest BCUT2D eigenvalue weighted by molar-refractivity contribution is 6.00. The van der Waals surface area contributed by atoms with Crippen LogP contribution in [-0.4, -0.2) is 12.9 Å². The summed E-state index contributed by atoms with van der Waals surface area (Å²) in [6, 6.07) is 15.8. The van der Waals surface area contributed by atoms with E-state index in [-0.39, 0.29) is 11.8 Å². The molecule has 122 valence electrons. The molecule has 2 aromatic carbocycles. The monoisotopic (exact) mass is 320 g/mol. The molecule has 0 bridgehead atoms. The molecule has 0 radical (unpaired) electrons. The van der Waals surface area contributed by atoms with Crippen LogP contribution in [-0.2, 0) is 4.79 Å². The number of benzene rings is 2. The average Bonchev–Trinajstić information content (AvgIpc) is 2.79. The second-order valence-electron chi connectivity index (χ2n) is 6.19. The van der Waals surface area contributed by atoms with Crippen molar-refractivity contribution in [1.82, 2.24) is 0 Å². The molecule has 0 saturated heterocycles. The highest BCUT2D eigenvalue weighted by atomic mass is 16.5. The molecule has 4 heteroatoms. The molecule has 0 saturated carbocycles. The van der Waals surface area contributed by atoms with Gasteiger partial charge >= 0.3 is 0 Å². The van der Waals surface area contributed by atoms with Crippen LogP contribution in [0.15, 0.2) is 59.8 Å². The maximum absolute atomic E-state index is 12.7. The molecular formula is C20H20N2O2. The van der Waals surface area contributed by atoms with E-state index in [0.717, 1.165) is 46.8 Å². The number of para-hydroxylation sites is 2. The van der Waals surface area contributed by atoms with Gasteiger partial charge in [0.25, 0.3) is 0 Å². The number of anilines is 2. The van der Waals surface area contributed by atoms with Gasteiger partial charge in [-0.3, -0.25) is 4.79 Å². The van der Waals surface area contributed by atoms with Gasteiger partial charge < -0.3 is 15.4 Å². The summed E-state index contributed by atoms with van der Waals surface area (Å²) in [4.78, 5) is 12.7. The predicted molar refractivity (Wildman–Crippen MR) is 95.3 cm³/mol. The first kappa shape index (κ1) is 14.8. The summed E-state index contributed by atoms with van der Waals surface area (Å²) in [5.41, 5.74) is 4.95. The highest BCUT2D eigenvalue weighted by Gasteiger charge is 2.32. The molecule has 4 rings (SSSR count). The first-order valence-electron chi connectivity index (χ1n) is 8.29. The molecule has 0 aromatic heterocycles. The van der Waals surface area contributed by atoms with Crippen LogP contribution in [0.3, 0.4) is 0 Å². The Morgan fingerprint density at radius 2 is 1.88 bits per heavy atom. The molecule has 2 aromatic rings. The van der Waals surface area contributed by atoms with E-state index >= 15 is 0 Å². The summed E-state index contributed by atoms with van der Waals surface area (Å²) in [5.74, 6) is 1.02. The highest BCUT2D eigenvalue weighted by Crippen LogP contribution is 2.40. The van der Waals surface area contributed by atoms with Crippen molar-refractivity contribution < 1.29 is 9.53 Å². The maximum Gasteiger partial charge on any atom is 0.163 e. The Morgan fingerprint density at radius 3 is 2.71 bits per heavy atom. The van der Waals surface area contributed by atoms with Crippen LogP contribution in [0, 0.1) is 0 Å². The van der Waals surface area contributed by atoms with Gasteiger partial charge in [0.05, 0.1) is 24.5 Å². The van der Waals surface area contributed by atoms with Crippen molar-refractivity contribution in [3.8, 4) is 5.75 Å². The zero-order valence-electron chi connectivity index (χ0n) is 13.6. The van der Waals surface area contributed by atoms with Crippen LogP contribution in [0.1, 0.15) is 30.9 Å². The molecule has 1 atom stereocenters. The summed E-state index contributed by atoms with van der Waals surface area (Å²) in [5, 5.41) is 7.05. The van der Waals surface area contributed by atoms with E-state index in [1.165, 1.54) is 0 Å². The molecule has 0 unspecified atom stereocenters. The van der Waals surface area contributed by atoms with E-state index in [2.05, 4.69) is 10.6 Å². The van der Waals surface area contributed by atoms with E-state index < -0.39 is 0 Å². The Morgan fingerprint density at radius 1 is 1.04 bits per heavy atom. The van der Waals surface area contributed by atoms with Crippen molar-refractivity contribution in [2.24, 2.45) is 0 Å². The zero-order chi connectivity index (χ0) is 16.5. The minimum atomic E-state index is -0.168. The Bertz CT molecular complexity index is 826. The van der Waals surface area contributed by atoms with Crippen molar-refractivity contribution >= 4 is 17.2 Å². The summed E-state index contributed by atoms with van der Waals surface area (Å²) in [7, 11) is 1.66. The molecule has 4 nitrogen and oxygen atoms in total. The fourth-order valence-electron chi connectivity index (χ4n) is 3.51. The van der Waals surface area contributed by atoms with Crippen LogP contribution in [0.4, 0.5) is 11.4 Å². The lowest BCUT2D eigenvalue weighted by Gasteiger charge is -2.25. The summed E-state index contributed by atoms with van der Waals surface area (Å²) in [6.45, 7) is 0. The van der Waals surface area contributed by atoms with E-state index in [9.17, 15) is 4.79 Å². The molecule has 1 aliphatic heterocycles. The van der Waals surface area contributed by atoms with Gasteiger partial charge in [0, 0.05) is 17.7 Å². The zero-order valence-corrected chi connectivity index (χ0v) is 13.6. The maximum atomic E-state index is 12.7. The number of Topliss-reactive ketones (excluding diaryl/α,β-unsaturated/α-hetero) is 1. The largest absolute Gasteiger partial charge is 0.497 e. The molecule has 0 amide bonds. The number of methoxy groups -OCH3 is 1. The summed E-state index contributed by atoms with van der Waals surface area (Å²) in [6.07, 6.45) is 2.41. The minimum Gasteiger partial charge on any atom is -0.497 e. The SMILES string of the molecule is COc1cccc([C@H]2Nc3ccccc3NC3=C2C(=O)CCC3)c1. The fourth-order valence-corrected chi connectivity index (χ4v) is 3.51. The number of nitrogens with one attached hydrogen (secondary N) is 2. The summed E-state index contributed by atoms with van der Waals surface area (Å²) >= 11 is 0. The topological polar surface area (TPSA) is 50.4 Å². The standard InChI is InChI=1S/C20H20N2O2/c1-24-14-7-4-6-13(12-14)20-19-17(10-5-11-18(19)23)21-15-8-2-3-9-16(15)22-20/h2-4,6-9,12,20-22H,5,10-11H2,1H3/t20-/m1/s1. The molecule has 24 heavy (non-hydrogen) atoms. The van der Waals surface area contributed by atoms with Crippen molar-refractivity contribution in [3.05, 3.63) is 65.4 Å². The predicted octanol–water partition coefficient (Wildman–Crippen LogP) is 4.28. The average molecular weight is 320 g/mol. The Labute approximate surface area is 141 Å². The van der Waals surface area contributed by atoms with E-state index in [0.29, 0.717) is 6.42 Å². The van der Waals surface area contributed by atoms with Crippen LogP contribution in [0.2, 0.25) is 0 Å². The lowest BCUT2D eigenvalue weighted by molar-refractivity contribution is -0.116. The van der Waals surface area contributed by atoms with Crippen LogP contribution < -0.4 is 15.4 Å². The van der Waals surface area contributed by atoms with Crippen molar-refractivity contribution in [2.45, 2.75) is 25.3 Å². The smallest absolute Gasteiger partial charge is 0.163 e. The third kappa shape index (κ3) is 2.54. The molecule has 0 fully saturated rings. The molecular weight excluding hydrogens is 300 g/mol. The van der Waals surface area contributed by atoms with Gasteiger partial charge in [-0.2, -0.15) is 0 Å². The van der Waals surface area contributed by atoms with E-state index in [1.807, 2.05) is 48.5 Å². The lowest BCUT2D eigenvalue weighted by atomic mass is 9.86. The van der Waals surface area contributed by atoms with Crippen molar-refractivity contribution in [3.63, 3.8) is 0 Å². The second kappa shape index (κ2) is 6.04. The number of ketones is 1. The van der Waals surface area contributed by atoms with E-state index in [1.54, 1.807) is 7.11 Å². The number of rotatable bonds is 2. The van der Waals surface area contributed by atoms with Gasteiger partial charge in [0.1, 0.15) is 5.75 Å². The third-order valence-corrected chi connectivity index (χ3v) is 4.68. The molecule has 1 aliphatic carbocycles. The van der Waals surface area contributed by atoms with Gasteiger partial charge in [-0.05, 0) is 42.7 Å². The van der Waals surface area contributed by atoms with Gasteiger partial charge in [-0.25, -0.2) is 0 Å². The Hall–Kier alpha value is -2.75. The summed E-state index contributed by atoms with van der Waals surface area (Å²) < 4.78 is 5.36. The number of carbonyl (C=O) groups excluding carboxylic acids is 1. The van der Waals surface area contributed by atoms with Gasteiger partial charge in [0.2, 0.25) is 0 Å². The fraction of sp³-hybridized carbons (Fsp3) is 0.250. The minimum absolute atomic E-state index is 0.168. The molecule has 2 aliphatic rings. The number of hydrogen-bond donors (Lipinski definition) is 2. The first-order chi connectivity index (χ1) is 11.8. The molecule has 2 N–H and O–H groups in total. The first-order valence-corrected chi connectivity index (χ1v) is 8.29. The lowest BCUT2D eigenvalue weighted by Crippen LogP contribution is -2.23. The second-order valence-corrected chi connectivity index (χ2v) is 6.19. The van der Waals surface area contributed by atoms with Crippen molar-refractivity contribution in [1.29, 1.82) is 0 Å². The number of fused-ring (bicyclic) bond motifs is 1. The van der Waals surface area contributed by atoms with Gasteiger partial charge in [0.15, 0.2) is 5.78 Å². The number of carbonyl (C=O) groups is 1. The quantitative estimate of drug-likeness (QED) is 0.867. The van der Waals surface area contributed by atoms with Crippen LogP contribution >= 0.6 is 0 Å². The Balaban J connectivity index is 1.86. The molecule has 0 spiro atoms. The normalized spacial score (nSPS) is 19.5. The Kier molecular flexibility index (Phi) is 3.73. The van der Waals surface area contributed by atoms with E-state index in [4.69, 9.17) is 4.74 Å². The van der Waals surface area contributed by atoms with Crippen LogP contribution in [0.25, 0.3) is 0 Å². The number of hydrogen-bond acceptors (Lipinski definition) is 4. The molecule has 1 heterocycles.